The first kappa shape index (κ1) is 10.2. The molecule has 1 saturated carbocycles. The third-order valence-corrected chi connectivity index (χ3v) is 4.24. The Morgan fingerprint density at radius 3 is 2.21 bits per heavy atom. The number of hydrogen-bond donors (Lipinski definition) is 0. The molecule has 2 unspecified atom stereocenters. The van der Waals surface area contributed by atoms with E-state index in [9.17, 15) is 0 Å². The fraction of sp³-hybridized carbons (Fsp3) is 0.846. The van der Waals surface area contributed by atoms with Gasteiger partial charge in [-0.25, -0.2) is 0 Å². The Morgan fingerprint density at radius 1 is 1.21 bits per heavy atom. The molecule has 80 valence electrons. The fourth-order valence-corrected chi connectivity index (χ4v) is 2.95. The Bertz CT molecular complexity index is 232. The molecule has 0 aromatic carbocycles. The van der Waals surface area contributed by atoms with Gasteiger partial charge in [-0.1, -0.05) is 26.0 Å². The highest BCUT2D eigenvalue weighted by Gasteiger charge is 2.50. The quantitative estimate of drug-likeness (QED) is 0.623. The first-order valence-corrected chi connectivity index (χ1v) is 5.93. The predicted octanol–water partition coefficient (Wildman–Crippen LogP) is 2.93. The topological polar surface area (TPSA) is 3.24 Å². The van der Waals surface area contributed by atoms with Crippen molar-refractivity contribution in [3.05, 3.63) is 12.2 Å². The smallest absolute Gasteiger partial charge is 0.0190 e. The minimum Gasteiger partial charge on any atom is -0.291 e. The lowest BCUT2D eigenvalue weighted by Crippen LogP contribution is -2.44. The van der Waals surface area contributed by atoms with Gasteiger partial charge < -0.3 is 0 Å². The first-order valence-electron chi connectivity index (χ1n) is 5.93. The first-order chi connectivity index (χ1) is 6.53. The minimum atomic E-state index is 0.415. The third-order valence-electron chi connectivity index (χ3n) is 4.24. The molecule has 1 fully saturated rings. The standard InChI is InChI=1S/C13H23N/c1-10(2)11-9-12(11)13(3,4)14-7-5-6-8-14/h5-6,10-12H,7-9H2,1-4H3. The van der Waals surface area contributed by atoms with E-state index in [1.165, 1.54) is 6.42 Å². The average Bonchev–Trinajstić information content (AvgIpc) is 2.74. The lowest BCUT2D eigenvalue weighted by atomic mass is 9.92. The van der Waals surface area contributed by atoms with Crippen LogP contribution >= 0.6 is 0 Å². The molecule has 2 rings (SSSR count). The Labute approximate surface area is 88.2 Å². The average molecular weight is 193 g/mol. The minimum absolute atomic E-state index is 0.415. The van der Waals surface area contributed by atoms with Crippen molar-refractivity contribution in [2.75, 3.05) is 13.1 Å². The predicted molar refractivity (Wildman–Crippen MR) is 61.2 cm³/mol. The van der Waals surface area contributed by atoms with Crippen LogP contribution in [0.1, 0.15) is 34.1 Å². The summed E-state index contributed by atoms with van der Waals surface area (Å²) in [6.45, 7) is 11.9. The maximum atomic E-state index is 2.61. The maximum absolute atomic E-state index is 2.61. The molecule has 0 N–H and O–H groups in total. The van der Waals surface area contributed by atoms with Gasteiger partial charge in [0, 0.05) is 18.6 Å². The maximum Gasteiger partial charge on any atom is 0.0190 e. The van der Waals surface area contributed by atoms with Crippen LogP contribution in [-0.2, 0) is 0 Å². The molecular formula is C13H23N. The third kappa shape index (κ3) is 1.63. The van der Waals surface area contributed by atoms with Gasteiger partial charge in [0.25, 0.3) is 0 Å². The molecule has 14 heavy (non-hydrogen) atoms. The zero-order valence-corrected chi connectivity index (χ0v) is 9.96. The van der Waals surface area contributed by atoms with Crippen LogP contribution in [0, 0.1) is 17.8 Å². The van der Waals surface area contributed by atoms with E-state index >= 15 is 0 Å². The van der Waals surface area contributed by atoms with Crippen molar-refractivity contribution in [2.45, 2.75) is 39.7 Å². The van der Waals surface area contributed by atoms with E-state index in [0.29, 0.717) is 5.54 Å². The van der Waals surface area contributed by atoms with Crippen LogP contribution in [0.5, 0.6) is 0 Å². The molecule has 1 nitrogen and oxygen atoms in total. The van der Waals surface area contributed by atoms with Crippen LogP contribution in [0.2, 0.25) is 0 Å². The van der Waals surface area contributed by atoms with E-state index in [1.807, 2.05) is 0 Å². The molecule has 1 heteroatoms. The molecule has 0 aromatic heterocycles. The van der Waals surface area contributed by atoms with E-state index in [-0.39, 0.29) is 0 Å². The van der Waals surface area contributed by atoms with Gasteiger partial charge in [0.15, 0.2) is 0 Å². The SMILES string of the molecule is CC(C)C1CC1C(C)(C)N1CC=CC1. The molecular weight excluding hydrogens is 170 g/mol. The molecule has 1 heterocycles. The normalized spacial score (nSPS) is 32.9. The molecule has 1 aliphatic heterocycles. The van der Waals surface area contributed by atoms with E-state index in [4.69, 9.17) is 0 Å². The van der Waals surface area contributed by atoms with Crippen LogP contribution in [-0.4, -0.2) is 23.5 Å². The Kier molecular flexibility index (Phi) is 2.46. The van der Waals surface area contributed by atoms with Gasteiger partial charge in [-0.3, -0.25) is 4.90 Å². The summed E-state index contributed by atoms with van der Waals surface area (Å²) in [6, 6.07) is 0. The summed E-state index contributed by atoms with van der Waals surface area (Å²) < 4.78 is 0. The Balaban J connectivity index is 1.96. The summed E-state index contributed by atoms with van der Waals surface area (Å²) in [4.78, 5) is 2.61. The Hall–Kier alpha value is -0.300. The lowest BCUT2D eigenvalue weighted by molar-refractivity contribution is 0.126. The highest BCUT2D eigenvalue weighted by molar-refractivity contribution is 5.08. The van der Waals surface area contributed by atoms with Gasteiger partial charge in [-0.15, -0.1) is 0 Å². The van der Waals surface area contributed by atoms with Crippen molar-refractivity contribution in [1.82, 2.24) is 4.90 Å². The van der Waals surface area contributed by atoms with Crippen molar-refractivity contribution in [1.29, 1.82) is 0 Å². The van der Waals surface area contributed by atoms with Gasteiger partial charge in [-0.2, -0.15) is 0 Å². The van der Waals surface area contributed by atoms with Gasteiger partial charge in [0.2, 0.25) is 0 Å². The number of rotatable bonds is 3. The molecule has 0 bridgehead atoms. The molecule has 0 spiro atoms. The monoisotopic (exact) mass is 193 g/mol. The molecule has 0 saturated heterocycles. The number of nitrogens with zero attached hydrogens (tertiary/aromatic N) is 1. The van der Waals surface area contributed by atoms with Gasteiger partial charge in [-0.05, 0) is 38.0 Å². The summed E-state index contributed by atoms with van der Waals surface area (Å²) in [6.07, 6.45) is 6.05. The molecule has 2 aliphatic rings. The molecule has 0 radical (unpaired) electrons. The Morgan fingerprint density at radius 2 is 1.79 bits per heavy atom. The fourth-order valence-electron chi connectivity index (χ4n) is 2.95. The van der Waals surface area contributed by atoms with Crippen LogP contribution < -0.4 is 0 Å². The second-order valence-corrected chi connectivity index (χ2v) is 5.78. The van der Waals surface area contributed by atoms with Crippen molar-refractivity contribution < 1.29 is 0 Å². The molecule has 0 amide bonds. The summed E-state index contributed by atoms with van der Waals surface area (Å²) >= 11 is 0. The zero-order chi connectivity index (χ0) is 10.3. The van der Waals surface area contributed by atoms with Gasteiger partial charge in [0.05, 0.1) is 0 Å². The summed E-state index contributed by atoms with van der Waals surface area (Å²) in [5, 5.41) is 0. The van der Waals surface area contributed by atoms with Crippen molar-refractivity contribution >= 4 is 0 Å². The van der Waals surface area contributed by atoms with Crippen LogP contribution in [0.4, 0.5) is 0 Å². The largest absolute Gasteiger partial charge is 0.291 e. The van der Waals surface area contributed by atoms with Crippen molar-refractivity contribution in [2.24, 2.45) is 17.8 Å². The number of hydrogen-bond acceptors (Lipinski definition) is 1. The van der Waals surface area contributed by atoms with Crippen LogP contribution in [0.15, 0.2) is 12.2 Å². The highest BCUT2D eigenvalue weighted by Crippen LogP contribution is 2.52. The summed E-state index contributed by atoms with van der Waals surface area (Å²) in [5.74, 6) is 2.78. The van der Waals surface area contributed by atoms with Crippen LogP contribution in [0.25, 0.3) is 0 Å². The van der Waals surface area contributed by atoms with E-state index in [1.54, 1.807) is 0 Å². The van der Waals surface area contributed by atoms with E-state index in [2.05, 4.69) is 44.7 Å². The summed E-state index contributed by atoms with van der Waals surface area (Å²) in [5.41, 5.74) is 0.415. The van der Waals surface area contributed by atoms with Crippen LogP contribution in [0.3, 0.4) is 0 Å². The van der Waals surface area contributed by atoms with Crippen molar-refractivity contribution in [3.8, 4) is 0 Å². The van der Waals surface area contributed by atoms with E-state index in [0.717, 1.165) is 30.8 Å². The second-order valence-electron chi connectivity index (χ2n) is 5.78. The molecule has 1 aliphatic carbocycles. The zero-order valence-electron chi connectivity index (χ0n) is 9.96. The van der Waals surface area contributed by atoms with Crippen molar-refractivity contribution in [3.63, 3.8) is 0 Å². The molecule has 2 atom stereocenters. The molecule has 0 aromatic rings. The lowest BCUT2D eigenvalue weighted by Gasteiger charge is -2.36. The van der Waals surface area contributed by atoms with Gasteiger partial charge >= 0.3 is 0 Å². The highest BCUT2D eigenvalue weighted by atomic mass is 15.2. The van der Waals surface area contributed by atoms with Gasteiger partial charge in [0.1, 0.15) is 0 Å². The summed E-state index contributed by atoms with van der Waals surface area (Å²) in [7, 11) is 0. The second kappa shape index (κ2) is 3.37. The van der Waals surface area contributed by atoms with E-state index < -0.39 is 0 Å².